The van der Waals surface area contributed by atoms with Crippen LogP contribution >= 0.6 is 0 Å². The van der Waals surface area contributed by atoms with Crippen LogP contribution in [0, 0.1) is 44.8 Å². The van der Waals surface area contributed by atoms with E-state index in [4.69, 9.17) is 0 Å². The zero-order valence-corrected chi connectivity index (χ0v) is 20.7. The summed E-state index contributed by atoms with van der Waals surface area (Å²) in [5.74, 6) is 2.81. The van der Waals surface area contributed by atoms with Crippen LogP contribution in [0.5, 0.6) is 0 Å². The number of nitrogens with one attached hydrogen (secondary N) is 1. The molecule has 0 bridgehead atoms. The highest BCUT2D eigenvalue weighted by Crippen LogP contribution is 2.89. The van der Waals surface area contributed by atoms with Crippen molar-refractivity contribution in [1.82, 2.24) is 10.2 Å². The van der Waals surface area contributed by atoms with E-state index in [1.54, 1.807) is 6.42 Å². The summed E-state index contributed by atoms with van der Waals surface area (Å²) in [6, 6.07) is 1.43. The smallest absolute Gasteiger partial charge is 0.0143 e. The first-order chi connectivity index (χ1) is 13.5. The van der Waals surface area contributed by atoms with Gasteiger partial charge in [-0.2, -0.15) is 0 Å². The molecule has 0 radical (unpaired) electrons. The predicted molar refractivity (Wildman–Crippen MR) is 123 cm³/mol. The van der Waals surface area contributed by atoms with Gasteiger partial charge in [-0.3, -0.25) is 0 Å². The van der Waals surface area contributed by atoms with Gasteiger partial charge in [0.15, 0.2) is 0 Å². The number of hydrogen-bond acceptors (Lipinski definition) is 2. The second kappa shape index (κ2) is 6.03. The molecule has 1 N–H and O–H groups in total. The summed E-state index contributed by atoms with van der Waals surface area (Å²) >= 11 is 0. The molecule has 2 spiro atoms. The van der Waals surface area contributed by atoms with Crippen LogP contribution in [0.15, 0.2) is 0 Å². The third-order valence-corrected chi connectivity index (χ3v) is 12.8. The standard InChI is InChI=1S/C27H48N2/c1-18(28-6)19-11-13-25(5)21-10-9-20-23(2,3)22(29(7)8)12-14-26(20)17-27(21,26)16-15-24(19,25)4/h18-22,28H,9-17H2,1-8H3/t18-,19-,20-,21-,22-,24-,25+,26+,27-/m1/s1. The van der Waals surface area contributed by atoms with Gasteiger partial charge in [-0.1, -0.05) is 27.7 Å². The SMILES string of the molecule is CN[C@H](C)[C@H]1CC[C@@]2(C)[C@H]3CC[C@@H]4C(C)(C)[C@H](N(C)C)CC[C@]45C[C@]35CC[C@]12C. The lowest BCUT2D eigenvalue weighted by molar-refractivity contribution is -0.150. The van der Waals surface area contributed by atoms with Gasteiger partial charge in [-0.05, 0) is 131 Å². The first-order valence-electron chi connectivity index (χ1n) is 12.8. The van der Waals surface area contributed by atoms with Gasteiger partial charge in [0.1, 0.15) is 0 Å². The van der Waals surface area contributed by atoms with Gasteiger partial charge in [0.25, 0.3) is 0 Å². The van der Waals surface area contributed by atoms with Gasteiger partial charge >= 0.3 is 0 Å². The Bertz CT molecular complexity index is 684. The fourth-order valence-electron chi connectivity index (χ4n) is 11.3. The average molecular weight is 401 g/mol. The van der Waals surface area contributed by atoms with Crippen LogP contribution in [0.4, 0.5) is 0 Å². The van der Waals surface area contributed by atoms with Gasteiger partial charge in [0.2, 0.25) is 0 Å². The number of rotatable bonds is 3. The molecule has 29 heavy (non-hydrogen) atoms. The minimum absolute atomic E-state index is 0.469. The van der Waals surface area contributed by atoms with E-state index in [1.165, 1.54) is 51.4 Å². The maximum Gasteiger partial charge on any atom is 0.0143 e. The van der Waals surface area contributed by atoms with Crippen molar-refractivity contribution >= 4 is 0 Å². The molecule has 0 aromatic heterocycles. The lowest BCUT2D eigenvalue weighted by Crippen LogP contribution is -2.59. The van der Waals surface area contributed by atoms with Gasteiger partial charge in [0, 0.05) is 12.1 Å². The van der Waals surface area contributed by atoms with E-state index in [0.29, 0.717) is 33.1 Å². The van der Waals surface area contributed by atoms with Crippen LogP contribution < -0.4 is 5.32 Å². The quantitative estimate of drug-likeness (QED) is 0.628. The molecular formula is C27H48N2. The molecule has 2 nitrogen and oxygen atoms in total. The third kappa shape index (κ3) is 2.22. The number of fused-ring (bicyclic) bond motifs is 2. The van der Waals surface area contributed by atoms with Crippen LogP contribution in [0.3, 0.4) is 0 Å². The maximum absolute atomic E-state index is 3.64. The van der Waals surface area contributed by atoms with E-state index in [1.807, 2.05) is 0 Å². The minimum Gasteiger partial charge on any atom is -0.317 e. The van der Waals surface area contributed by atoms with E-state index in [2.05, 4.69) is 66.0 Å². The zero-order valence-electron chi connectivity index (χ0n) is 20.7. The van der Waals surface area contributed by atoms with Crippen molar-refractivity contribution in [2.24, 2.45) is 44.8 Å². The number of hydrogen-bond donors (Lipinski definition) is 1. The van der Waals surface area contributed by atoms with E-state index < -0.39 is 0 Å². The second-order valence-electron chi connectivity index (χ2n) is 13.6. The normalized spacial score (nSPS) is 56.2. The van der Waals surface area contributed by atoms with Crippen molar-refractivity contribution in [3.05, 3.63) is 0 Å². The van der Waals surface area contributed by atoms with Crippen molar-refractivity contribution < 1.29 is 0 Å². The minimum atomic E-state index is 0.469. The monoisotopic (exact) mass is 400 g/mol. The first kappa shape index (κ1) is 20.8. The third-order valence-electron chi connectivity index (χ3n) is 12.8. The summed E-state index contributed by atoms with van der Waals surface area (Å²) in [6.07, 6.45) is 13.5. The molecule has 5 aliphatic rings. The molecule has 5 saturated carbocycles. The van der Waals surface area contributed by atoms with Crippen molar-refractivity contribution in [1.29, 1.82) is 0 Å². The average Bonchev–Trinajstić information content (AvgIpc) is 3.23. The summed E-state index contributed by atoms with van der Waals surface area (Å²) in [5.41, 5.74) is 2.98. The number of nitrogens with zero attached hydrogens (tertiary/aromatic N) is 1. The Labute approximate surface area is 181 Å². The van der Waals surface area contributed by atoms with Gasteiger partial charge in [-0.15, -0.1) is 0 Å². The van der Waals surface area contributed by atoms with Crippen molar-refractivity contribution in [3.63, 3.8) is 0 Å². The molecule has 166 valence electrons. The molecule has 5 aliphatic carbocycles. The van der Waals surface area contributed by atoms with Crippen molar-refractivity contribution in [2.45, 2.75) is 104 Å². The molecule has 9 atom stereocenters. The van der Waals surface area contributed by atoms with E-state index in [9.17, 15) is 0 Å². The molecule has 0 aromatic rings. The maximum atomic E-state index is 3.64. The molecule has 5 fully saturated rings. The molecule has 0 amide bonds. The van der Waals surface area contributed by atoms with Crippen LogP contribution in [0.2, 0.25) is 0 Å². The fourth-order valence-corrected chi connectivity index (χ4v) is 11.3. The Hall–Kier alpha value is -0.0800. The highest BCUT2D eigenvalue weighted by Gasteiger charge is 2.82. The Morgan fingerprint density at radius 3 is 2.10 bits per heavy atom. The van der Waals surface area contributed by atoms with E-state index >= 15 is 0 Å². The molecule has 0 aliphatic heterocycles. The Balaban J connectivity index is 1.49. The molecule has 0 heterocycles. The van der Waals surface area contributed by atoms with Crippen molar-refractivity contribution in [2.75, 3.05) is 21.1 Å². The van der Waals surface area contributed by atoms with Gasteiger partial charge < -0.3 is 10.2 Å². The van der Waals surface area contributed by atoms with Crippen molar-refractivity contribution in [3.8, 4) is 0 Å². The van der Waals surface area contributed by atoms with E-state index in [-0.39, 0.29) is 0 Å². The summed E-state index contributed by atoms with van der Waals surface area (Å²) in [7, 11) is 6.83. The molecule has 0 aromatic carbocycles. The summed E-state index contributed by atoms with van der Waals surface area (Å²) < 4.78 is 0. The second-order valence-corrected chi connectivity index (χ2v) is 13.6. The van der Waals surface area contributed by atoms with Crippen LogP contribution in [0.1, 0.15) is 92.4 Å². The van der Waals surface area contributed by atoms with Crippen LogP contribution in [-0.4, -0.2) is 38.1 Å². The summed E-state index contributed by atoms with van der Waals surface area (Å²) in [6.45, 7) is 13.2. The Morgan fingerprint density at radius 2 is 1.45 bits per heavy atom. The topological polar surface area (TPSA) is 15.3 Å². The molecule has 0 saturated heterocycles. The molecule has 0 unspecified atom stereocenters. The summed E-state index contributed by atoms with van der Waals surface area (Å²) in [5, 5.41) is 3.64. The molecule has 2 heteroatoms. The molecular weight excluding hydrogens is 352 g/mol. The fraction of sp³-hybridized carbons (Fsp3) is 1.00. The van der Waals surface area contributed by atoms with Crippen LogP contribution in [-0.2, 0) is 0 Å². The van der Waals surface area contributed by atoms with E-state index in [0.717, 1.165) is 23.8 Å². The lowest BCUT2D eigenvalue weighted by Gasteiger charge is -2.64. The Morgan fingerprint density at radius 1 is 0.793 bits per heavy atom. The van der Waals surface area contributed by atoms with Crippen LogP contribution in [0.25, 0.3) is 0 Å². The lowest BCUT2D eigenvalue weighted by atomic mass is 9.41. The van der Waals surface area contributed by atoms with Gasteiger partial charge in [-0.25, -0.2) is 0 Å². The summed E-state index contributed by atoms with van der Waals surface area (Å²) in [4.78, 5) is 2.55. The predicted octanol–water partition coefficient (Wildman–Crippen LogP) is 5.96. The Kier molecular flexibility index (Phi) is 4.33. The zero-order chi connectivity index (χ0) is 21.0. The molecule has 5 rings (SSSR count). The largest absolute Gasteiger partial charge is 0.317 e. The van der Waals surface area contributed by atoms with Gasteiger partial charge in [0.05, 0.1) is 0 Å². The first-order valence-corrected chi connectivity index (χ1v) is 12.8. The highest BCUT2D eigenvalue weighted by molar-refractivity contribution is 5.31. The highest BCUT2D eigenvalue weighted by atomic mass is 15.1.